The lowest BCUT2D eigenvalue weighted by Crippen LogP contribution is -2.32. The maximum atomic E-state index is 6.61. The van der Waals surface area contributed by atoms with Gasteiger partial charge in [0.25, 0.3) is 0 Å². The summed E-state index contributed by atoms with van der Waals surface area (Å²) in [5.74, 6) is 1.62. The van der Waals surface area contributed by atoms with Crippen LogP contribution in [0.5, 0.6) is 5.75 Å². The second-order valence-electron chi connectivity index (χ2n) is 7.29. The summed E-state index contributed by atoms with van der Waals surface area (Å²) in [5, 5.41) is 11.2. The summed E-state index contributed by atoms with van der Waals surface area (Å²) < 4.78 is 9.64. The molecule has 0 saturated carbocycles. The zero-order valence-electron chi connectivity index (χ0n) is 16.4. The van der Waals surface area contributed by atoms with Crippen LogP contribution in [-0.2, 0) is 0 Å². The lowest BCUT2D eigenvalue weighted by atomic mass is 9.87. The summed E-state index contributed by atoms with van der Waals surface area (Å²) in [6.07, 6.45) is 1.79. The molecule has 6 rings (SSSR count). The number of thiophene rings is 1. The van der Waals surface area contributed by atoms with Crippen LogP contribution < -0.4 is 10.1 Å². The fourth-order valence-electron chi connectivity index (χ4n) is 4.19. The van der Waals surface area contributed by atoms with Crippen molar-refractivity contribution in [2.24, 2.45) is 0 Å². The van der Waals surface area contributed by atoms with Gasteiger partial charge in [-0.1, -0.05) is 58.0 Å². The third-order valence-corrected chi connectivity index (χ3v) is 7.51. The number of thioether (sulfide) groups is 1. The van der Waals surface area contributed by atoms with Gasteiger partial charge in [0.2, 0.25) is 11.1 Å². The van der Waals surface area contributed by atoms with E-state index in [0.29, 0.717) is 0 Å². The van der Waals surface area contributed by atoms with Crippen LogP contribution in [0.1, 0.15) is 28.1 Å². The van der Waals surface area contributed by atoms with Gasteiger partial charge in [-0.3, -0.25) is 0 Å². The van der Waals surface area contributed by atoms with Gasteiger partial charge >= 0.3 is 0 Å². The van der Waals surface area contributed by atoms with Crippen LogP contribution in [-0.4, -0.2) is 21.0 Å². The van der Waals surface area contributed by atoms with E-state index in [0.717, 1.165) is 43.7 Å². The van der Waals surface area contributed by atoms with Gasteiger partial charge in [0, 0.05) is 20.5 Å². The van der Waals surface area contributed by atoms with E-state index in [1.165, 1.54) is 4.88 Å². The Morgan fingerprint density at radius 3 is 2.71 bits per heavy atom. The molecule has 0 aliphatic carbocycles. The van der Waals surface area contributed by atoms with Crippen LogP contribution in [0, 0.1) is 0 Å². The summed E-state index contributed by atoms with van der Waals surface area (Å²) in [6, 6.07) is 20.7. The molecule has 0 saturated heterocycles. The zero-order chi connectivity index (χ0) is 20.9. The van der Waals surface area contributed by atoms with Gasteiger partial charge in [0.1, 0.15) is 11.8 Å². The molecule has 2 aliphatic heterocycles. The highest BCUT2D eigenvalue weighted by molar-refractivity contribution is 9.10. The Kier molecular flexibility index (Phi) is 4.66. The van der Waals surface area contributed by atoms with Crippen molar-refractivity contribution in [1.82, 2.24) is 14.8 Å². The molecule has 0 amide bonds. The van der Waals surface area contributed by atoms with Crippen LogP contribution in [0.15, 0.2) is 81.2 Å². The Balaban J connectivity index is 1.64. The normalized spacial score (nSPS) is 19.2. The molecule has 2 aliphatic rings. The number of nitrogens with one attached hydrogen (secondary N) is 1. The van der Waals surface area contributed by atoms with Crippen molar-refractivity contribution in [1.29, 1.82) is 0 Å². The van der Waals surface area contributed by atoms with Gasteiger partial charge in [-0.25, -0.2) is 4.68 Å². The van der Waals surface area contributed by atoms with Crippen LogP contribution in [0.2, 0.25) is 0 Å². The quantitative estimate of drug-likeness (QED) is 0.325. The Morgan fingerprint density at radius 2 is 1.94 bits per heavy atom. The molecule has 0 bridgehead atoms. The summed E-state index contributed by atoms with van der Waals surface area (Å²) in [5.41, 5.74) is 4.39. The molecule has 4 heterocycles. The molecule has 31 heavy (non-hydrogen) atoms. The highest BCUT2D eigenvalue weighted by atomic mass is 79.9. The zero-order valence-corrected chi connectivity index (χ0v) is 19.7. The predicted octanol–water partition coefficient (Wildman–Crippen LogP) is 6.38. The monoisotopic (exact) mass is 508 g/mol. The standard InChI is InChI=1S/C23H17BrN4OS2/c1-30-23-26-22-25-19-15-5-2-3-6-16(15)29-21(17-7-4-12-31-17)18(19)20(28(22)27-23)13-8-10-14(24)11-9-13/h2-12,20-21H,1H3,(H,25,26,27)/t20-,21-/m0/s1. The summed E-state index contributed by atoms with van der Waals surface area (Å²) in [7, 11) is 0. The third-order valence-electron chi connectivity index (χ3n) is 5.53. The number of aromatic nitrogens is 3. The molecule has 2 atom stereocenters. The van der Waals surface area contributed by atoms with E-state index in [4.69, 9.17) is 14.8 Å². The number of hydrogen-bond acceptors (Lipinski definition) is 6. The van der Waals surface area contributed by atoms with Crippen molar-refractivity contribution in [2.75, 3.05) is 11.6 Å². The van der Waals surface area contributed by atoms with Crippen molar-refractivity contribution >= 4 is 50.7 Å². The van der Waals surface area contributed by atoms with Crippen LogP contribution >= 0.6 is 39.0 Å². The summed E-state index contributed by atoms with van der Waals surface area (Å²) in [4.78, 5) is 5.90. The number of hydrogen-bond donors (Lipinski definition) is 1. The van der Waals surface area contributed by atoms with Crippen molar-refractivity contribution in [3.8, 4) is 5.75 Å². The van der Waals surface area contributed by atoms with Gasteiger partial charge in [-0.15, -0.1) is 16.4 Å². The fourth-order valence-corrected chi connectivity index (χ4v) is 5.57. The number of anilines is 1. The first-order chi connectivity index (χ1) is 15.2. The fraction of sp³-hybridized carbons (Fsp3) is 0.130. The molecule has 5 nitrogen and oxygen atoms in total. The number of ether oxygens (including phenoxy) is 1. The molecule has 0 radical (unpaired) electrons. The number of para-hydroxylation sites is 1. The van der Waals surface area contributed by atoms with E-state index in [1.807, 2.05) is 29.1 Å². The number of benzene rings is 2. The highest BCUT2D eigenvalue weighted by Crippen LogP contribution is 2.51. The van der Waals surface area contributed by atoms with Gasteiger partial charge in [-0.05, 0) is 47.5 Å². The van der Waals surface area contributed by atoms with Crippen molar-refractivity contribution in [2.45, 2.75) is 17.3 Å². The Hall–Kier alpha value is -2.55. The lowest BCUT2D eigenvalue weighted by molar-refractivity contribution is 0.226. The molecule has 0 fully saturated rings. The predicted molar refractivity (Wildman–Crippen MR) is 129 cm³/mol. The van der Waals surface area contributed by atoms with Crippen LogP contribution in [0.3, 0.4) is 0 Å². The smallest absolute Gasteiger partial charge is 0.227 e. The van der Waals surface area contributed by atoms with E-state index in [2.05, 4.69) is 69.1 Å². The van der Waals surface area contributed by atoms with E-state index >= 15 is 0 Å². The second kappa shape index (κ2) is 7.55. The van der Waals surface area contributed by atoms with E-state index in [-0.39, 0.29) is 12.1 Å². The molecule has 8 heteroatoms. The average molecular weight is 509 g/mol. The lowest BCUT2D eigenvalue weighted by Gasteiger charge is -2.38. The van der Waals surface area contributed by atoms with Gasteiger partial charge in [0.15, 0.2) is 6.10 Å². The molecular weight excluding hydrogens is 492 g/mol. The molecule has 2 aromatic carbocycles. The first-order valence-corrected chi connectivity index (χ1v) is 12.7. The van der Waals surface area contributed by atoms with Gasteiger partial charge in [-0.2, -0.15) is 4.98 Å². The molecule has 2 aromatic heterocycles. The van der Waals surface area contributed by atoms with Gasteiger partial charge in [0.05, 0.1) is 5.70 Å². The number of fused-ring (bicyclic) bond motifs is 3. The average Bonchev–Trinajstić information content (AvgIpc) is 3.47. The topological polar surface area (TPSA) is 52.0 Å². The molecule has 4 aromatic rings. The minimum absolute atomic E-state index is 0.131. The second-order valence-corrected chi connectivity index (χ2v) is 9.95. The van der Waals surface area contributed by atoms with Crippen molar-refractivity contribution in [3.63, 3.8) is 0 Å². The number of nitrogens with zero attached hydrogens (tertiary/aromatic N) is 3. The first-order valence-electron chi connectivity index (χ1n) is 9.79. The number of halogens is 1. The van der Waals surface area contributed by atoms with Crippen LogP contribution in [0.4, 0.5) is 5.95 Å². The van der Waals surface area contributed by atoms with E-state index in [1.54, 1.807) is 23.1 Å². The minimum atomic E-state index is -0.207. The van der Waals surface area contributed by atoms with E-state index < -0.39 is 0 Å². The molecule has 0 spiro atoms. The summed E-state index contributed by atoms with van der Waals surface area (Å²) >= 11 is 6.81. The Bertz CT molecular complexity index is 1300. The minimum Gasteiger partial charge on any atom is -0.480 e. The maximum absolute atomic E-state index is 6.61. The molecular formula is C23H17BrN4OS2. The largest absolute Gasteiger partial charge is 0.480 e. The first kappa shape index (κ1) is 19.2. The van der Waals surface area contributed by atoms with Gasteiger partial charge < -0.3 is 10.1 Å². The Morgan fingerprint density at radius 1 is 1.10 bits per heavy atom. The molecule has 1 N–H and O–H groups in total. The number of rotatable bonds is 3. The molecule has 154 valence electrons. The van der Waals surface area contributed by atoms with Crippen molar-refractivity contribution in [3.05, 3.63) is 92.1 Å². The third kappa shape index (κ3) is 3.12. The maximum Gasteiger partial charge on any atom is 0.227 e. The highest BCUT2D eigenvalue weighted by Gasteiger charge is 2.41. The SMILES string of the molecule is CSc1nc2n(n1)[C@@H](c1ccc(Br)cc1)C1=C(N2)c2ccccc2O[C@H]1c1cccs1. The molecule has 0 unspecified atom stereocenters. The Labute approximate surface area is 196 Å². The van der Waals surface area contributed by atoms with E-state index in [9.17, 15) is 0 Å². The summed E-state index contributed by atoms with van der Waals surface area (Å²) in [6.45, 7) is 0. The van der Waals surface area contributed by atoms with Crippen molar-refractivity contribution < 1.29 is 4.74 Å². The van der Waals surface area contributed by atoms with Crippen LogP contribution in [0.25, 0.3) is 5.70 Å².